The van der Waals surface area contributed by atoms with E-state index in [1.165, 1.54) is 0 Å². The highest BCUT2D eigenvalue weighted by Crippen LogP contribution is 1.87. The Morgan fingerprint density at radius 3 is 2.55 bits per heavy atom. The minimum atomic E-state index is 0.831. The maximum atomic E-state index is 5.23. The van der Waals surface area contributed by atoms with Gasteiger partial charge in [0.25, 0.3) is 0 Å². The fourth-order valence-corrected chi connectivity index (χ4v) is 0.960. The van der Waals surface area contributed by atoms with Crippen LogP contribution in [0.25, 0.3) is 0 Å². The van der Waals surface area contributed by atoms with E-state index in [-0.39, 0.29) is 0 Å². The lowest BCUT2D eigenvalue weighted by Gasteiger charge is -1.82. The van der Waals surface area contributed by atoms with Crippen LogP contribution in [0.3, 0.4) is 0 Å². The van der Waals surface area contributed by atoms with Gasteiger partial charge in [0.05, 0.1) is 12.3 Å². The maximum absolute atomic E-state index is 5.23. The van der Waals surface area contributed by atoms with E-state index >= 15 is 0 Å². The first kappa shape index (κ1) is 6.16. The molecule has 0 atom stereocenters. The molecular formula is C9H8NO+. The Hall–Kier alpha value is -1.57. The van der Waals surface area contributed by atoms with Crippen molar-refractivity contribution < 1.29 is 4.42 Å². The largest absolute Gasteiger partial charge is 0.413 e. The van der Waals surface area contributed by atoms with Crippen molar-refractivity contribution in [3.8, 4) is 0 Å². The van der Waals surface area contributed by atoms with Crippen LogP contribution in [0.4, 0.5) is 0 Å². The lowest BCUT2D eigenvalue weighted by molar-refractivity contribution is 0.470. The van der Waals surface area contributed by atoms with Gasteiger partial charge in [0.1, 0.15) is 0 Å². The number of allylic oxidation sites excluding steroid dienone is 2. The molecule has 1 aliphatic rings. The first-order valence-electron chi connectivity index (χ1n) is 3.47. The summed E-state index contributed by atoms with van der Waals surface area (Å²) >= 11 is 0. The molecule has 0 aliphatic carbocycles. The Morgan fingerprint density at radius 2 is 1.91 bits per heavy atom. The van der Waals surface area contributed by atoms with Crippen molar-refractivity contribution in [3.05, 3.63) is 54.6 Å². The molecule has 0 bridgehead atoms. The van der Waals surface area contributed by atoms with Gasteiger partial charge in [0, 0.05) is 12.2 Å². The van der Waals surface area contributed by atoms with Crippen molar-refractivity contribution in [2.75, 3.05) is 0 Å². The summed E-state index contributed by atoms with van der Waals surface area (Å²) in [5, 5.41) is 0. The second-order valence-corrected chi connectivity index (χ2v) is 2.23. The van der Waals surface area contributed by atoms with Crippen LogP contribution >= 0.6 is 0 Å². The zero-order valence-electron chi connectivity index (χ0n) is 5.97. The smallest absolute Gasteiger partial charge is 0.378 e. The predicted octanol–water partition coefficient (Wildman–Crippen LogP) is 1.09. The van der Waals surface area contributed by atoms with Crippen molar-refractivity contribution in [2.45, 2.75) is 0 Å². The van der Waals surface area contributed by atoms with Crippen LogP contribution in [-0.2, 0) is 0 Å². The fourth-order valence-electron chi connectivity index (χ4n) is 0.960. The molecule has 2 heteroatoms. The average molecular weight is 146 g/mol. The minimum absolute atomic E-state index is 0.831. The highest BCUT2D eigenvalue weighted by molar-refractivity contribution is 5.12. The molecule has 2 heterocycles. The van der Waals surface area contributed by atoms with Crippen LogP contribution in [0.2, 0.25) is 0 Å². The van der Waals surface area contributed by atoms with E-state index in [1.54, 1.807) is 6.26 Å². The van der Waals surface area contributed by atoms with Crippen LogP contribution in [0, 0.1) is 0 Å². The molecule has 1 aromatic heterocycles. The van der Waals surface area contributed by atoms with Crippen molar-refractivity contribution in [2.24, 2.45) is 0 Å². The fraction of sp³-hybridized carbons (Fsp3) is 0. The molecule has 0 unspecified atom stereocenters. The molecule has 0 spiro atoms. The summed E-state index contributed by atoms with van der Waals surface area (Å²) in [6, 6.07) is 5.71. The van der Waals surface area contributed by atoms with Crippen LogP contribution in [-0.4, -0.2) is 0 Å². The summed E-state index contributed by atoms with van der Waals surface area (Å²) in [7, 11) is 0. The van der Waals surface area contributed by atoms with Gasteiger partial charge < -0.3 is 4.42 Å². The number of nitrogens with zero attached hydrogens (tertiary/aromatic N) is 1. The van der Waals surface area contributed by atoms with Crippen LogP contribution in [0.15, 0.2) is 53.4 Å². The van der Waals surface area contributed by atoms with Gasteiger partial charge in [-0.25, -0.2) is 0 Å². The van der Waals surface area contributed by atoms with E-state index in [1.807, 2.05) is 47.3 Å². The van der Waals surface area contributed by atoms with Crippen molar-refractivity contribution >= 4 is 0 Å². The zero-order valence-corrected chi connectivity index (χ0v) is 5.97. The summed E-state index contributed by atoms with van der Waals surface area (Å²) in [4.78, 5) is 0. The summed E-state index contributed by atoms with van der Waals surface area (Å²) in [5.74, 6) is 0. The first-order chi connectivity index (χ1) is 5.47. The molecule has 2 nitrogen and oxygen atoms in total. The third-order valence-corrected chi connectivity index (χ3v) is 1.48. The molecule has 0 amide bonds. The number of rotatable bonds is 0. The van der Waals surface area contributed by atoms with Crippen molar-refractivity contribution in [3.63, 3.8) is 0 Å². The van der Waals surface area contributed by atoms with E-state index in [4.69, 9.17) is 4.42 Å². The van der Waals surface area contributed by atoms with Crippen LogP contribution < -0.4 is 10.1 Å². The quantitative estimate of drug-likeness (QED) is 0.500. The van der Waals surface area contributed by atoms with Gasteiger partial charge in [-0.2, -0.15) is 0 Å². The van der Waals surface area contributed by atoms with Gasteiger partial charge in [-0.05, 0) is 12.1 Å². The summed E-state index contributed by atoms with van der Waals surface area (Å²) in [6.07, 6.45) is 9.47. The van der Waals surface area contributed by atoms with Gasteiger partial charge in [0.2, 0.25) is 0 Å². The first-order valence-corrected chi connectivity index (χ1v) is 3.47. The van der Waals surface area contributed by atoms with Crippen LogP contribution in [0.5, 0.6) is 0 Å². The molecule has 2 rings (SSSR count). The second-order valence-electron chi connectivity index (χ2n) is 2.23. The SMILES string of the molecule is C1=C[N+](=c2cccco2)C=C1. The van der Waals surface area contributed by atoms with Crippen LogP contribution in [0.1, 0.15) is 0 Å². The summed E-state index contributed by atoms with van der Waals surface area (Å²) in [6.45, 7) is 0. The molecule has 0 N–H and O–H groups in total. The highest BCUT2D eigenvalue weighted by Gasteiger charge is 2.01. The van der Waals surface area contributed by atoms with Gasteiger partial charge in [-0.15, -0.1) is 4.58 Å². The van der Waals surface area contributed by atoms with E-state index < -0.39 is 0 Å². The standard InChI is InChI=1S/C9H8NO/c1-4-8-11-9(5-1)10-6-2-3-7-10/h1-8H/q+1. The Balaban J connectivity index is 2.66. The van der Waals surface area contributed by atoms with Gasteiger partial charge >= 0.3 is 5.55 Å². The molecular weight excluding hydrogens is 138 g/mol. The second kappa shape index (κ2) is 2.58. The normalized spacial score (nSPS) is 14.4. The Kier molecular flexibility index (Phi) is 1.44. The van der Waals surface area contributed by atoms with Gasteiger partial charge in [0.15, 0.2) is 12.4 Å². The zero-order chi connectivity index (χ0) is 7.52. The van der Waals surface area contributed by atoms with Gasteiger partial charge in [-0.3, -0.25) is 0 Å². The van der Waals surface area contributed by atoms with E-state index in [2.05, 4.69) is 0 Å². The molecule has 54 valence electrons. The highest BCUT2D eigenvalue weighted by atomic mass is 16.3. The monoisotopic (exact) mass is 146 g/mol. The molecule has 0 saturated heterocycles. The topological polar surface area (TPSA) is 16.1 Å². The molecule has 0 saturated carbocycles. The van der Waals surface area contributed by atoms with E-state index in [9.17, 15) is 0 Å². The van der Waals surface area contributed by atoms with Gasteiger partial charge in [-0.1, -0.05) is 0 Å². The Bertz CT molecular complexity index is 340. The van der Waals surface area contributed by atoms with E-state index in [0.717, 1.165) is 5.55 Å². The molecule has 1 aliphatic heterocycles. The molecule has 1 aromatic rings. The molecule has 0 radical (unpaired) electrons. The van der Waals surface area contributed by atoms with Crippen molar-refractivity contribution in [1.82, 2.24) is 4.58 Å². The number of hydrogen-bond donors (Lipinski definition) is 0. The third-order valence-electron chi connectivity index (χ3n) is 1.48. The molecule has 11 heavy (non-hydrogen) atoms. The Labute approximate surface area is 64.4 Å². The predicted molar refractivity (Wildman–Crippen MR) is 42.3 cm³/mol. The summed E-state index contributed by atoms with van der Waals surface area (Å²) in [5.41, 5.74) is 0.831. The maximum Gasteiger partial charge on any atom is 0.378 e. The molecule has 0 fully saturated rings. The van der Waals surface area contributed by atoms with E-state index in [0.29, 0.717) is 0 Å². The lowest BCUT2D eigenvalue weighted by atomic mass is 10.5. The Morgan fingerprint density at radius 1 is 1.09 bits per heavy atom. The summed E-state index contributed by atoms with van der Waals surface area (Å²) < 4.78 is 7.15. The lowest BCUT2D eigenvalue weighted by Crippen LogP contribution is -2.16. The minimum Gasteiger partial charge on any atom is -0.413 e. The van der Waals surface area contributed by atoms with Crippen molar-refractivity contribution in [1.29, 1.82) is 0 Å². The average Bonchev–Trinajstić information content (AvgIpc) is 2.58. The molecule has 0 aromatic carbocycles. The third kappa shape index (κ3) is 1.15. The number of hydrogen-bond acceptors (Lipinski definition) is 1.